The number of hydrogen-bond donors (Lipinski definition) is 0. The van der Waals surface area contributed by atoms with E-state index in [1.807, 2.05) is 26.8 Å². The third-order valence-corrected chi connectivity index (χ3v) is 6.35. The second-order valence-corrected chi connectivity index (χ2v) is 10.2. The molecule has 2 aliphatic rings. The number of nitrogens with zero attached hydrogens (tertiary/aromatic N) is 3. The maximum Gasteiger partial charge on any atom is 0.416 e. The number of alkyl halides is 3. The smallest absolute Gasteiger partial charge is 0.416 e. The molecule has 34 heavy (non-hydrogen) atoms. The molecule has 1 saturated heterocycles. The van der Waals surface area contributed by atoms with Crippen LogP contribution in [0.5, 0.6) is 0 Å². The number of anilines is 1. The summed E-state index contributed by atoms with van der Waals surface area (Å²) >= 11 is 0. The highest BCUT2D eigenvalue weighted by molar-refractivity contribution is 5.75. The molecule has 0 saturated carbocycles. The SMILES string of the molecule is CN1CCN(c2cc(-c3ccc(C(F)(F)F)cc3)cc3c2CCN(C(=O)OC(C)(C)C)C3)CC1. The topological polar surface area (TPSA) is 36.0 Å². The first kappa shape index (κ1) is 24.4. The van der Waals surface area contributed by atoms with Crippen molar-refractivity contribution in [3.63, 3.8) is 0 Å². The number of carbonyl (C=O) groups excluding carboxylic acids is 1. The van der Waals surface area contributed by atoms with Crippen LogP contribution in [0, 0.1) is 0 Å². The highest BCUT2D eigenvalue weighted by Gasteiger charge is 2.31. The predicted molar refractivity (Wildman–Crippen MR) is 127 cm³/mol. The molecular weight excluding hydrogens is 443 g/mol. The zero-order valence-electron chi connectivity index (χ0n) is 20.2. The molecule has 0 aromatic heterocycles. The van der Waals surface area contributed by atoms with Crippen molar-refractivity contribution in [1.29, 1.82) is 0 Å². The number of ether oxygens (including phenoxy) is 1. The number of halogens is 3. The summed E-state index contributed by atoms with van der Waals surface area (Å²) in [6.07, 6.45) is -4.00. The first-order valence-corrected chi connectivity index (χ1v) is 11.7. The quantitative estimate of drug-likeness (QED) is 0.581. The lowest BCUT2D eigenvalue weighted by Crippen LogP contribution is -2.45. The van der Waals surface area contributed by atoms with Gasteiger partial charge in [0, 0.05) is 45.0 Å². The zero-order chi connectivity index (χ0) is 24.7. The molecule has 5 nitrogen and oxygen atoms in total. The van der Waals surface area contributed by atoms with Crippen molar-refractivity contribution < 1.29 is 22.7 Å². The van der Waals surface area contributed by atoms with Crippen LogP contribution in [-0.2, 0) is 23.9 Å². The van der Waals surface area contributed by atoms with Gasteiger partial charge >= 0.3 is 12.3 Å². The largest absolute Gasteiger partial charge is 0.444 e. The predicted octanol–water partition coefficient (Wildman–Crippen LogP) is 5.42. The molecule has 0 N–H and O–H groups in total. The Balaban J connectivity index is 1.70. The Kier molecular flexibility index (Phi) is 6.55. The Morgan fingerprint density at radius 3 is 2.15 bits per heavy atom. The van der Waals surface area contributed by atoms with E-state index < -0.39 is 17.3 Å². The zero-order valence-corrected chi connectivity index (χ0v) is 20.2. The Morgan fingerprint density at radius 1 is 0.912 bits per heavy atom. The Morgan fingerprint density at radius 2 is 1.56 bits per heavy atom. The van der Waals surface area contributed by atoms with E-state index in [2.05, 4.69) is 22.9 Å². The lowest BCUT2D eigenvalue weighted by Gasteiger charge is -2.38. The fourth-order valence-corrected chi connectivity index (χ4v) is 4.51. The molecule has 8 heteroatoms. The molecule has 0 aliphatic carbocycles. The average Bonchev–Trinajstić information content (AvgIpc) is 2.77. The Bertz CT molecular complexity index is 1040. The standard InChI is InChI=1S/C26H32F3N3O2/c1-25(2,3)34-24(33)32-10-9-22-20(17-32)15-19(16-23(22)31-13-11-30(4)12-14-31)18-5-7-21(8-6-18)26(27,28)29/h5-8,15-16H,9-14,17H2,1-4H3. The second kappa shape index (κ2) is 9.13. The van der Waals surface area contributed by atoms with E-state index in [1.54, 1.807) is 4.90 Å². The molecule has 0 radical (unpaired) electrons. The summed E-state index contributed by atoms with van der Waals surface area (Å²) in [5, 5.41) is 0. The average molecular weight is 476 g/mol. The lowest BCUT2D eigenvalue weighted by molar-refractivity contribution is -0.137. The van der Waals surface area contributed by atoms with Gasteiger partial charge in [-0.1, -0.05) is 12.1 Å². The number of likely N-dealkylation sites (N-methyl/N-ethyl adjacent to an activating group) is 1. The summed E-state index contributed by atoms with van der Waals surface area (Å²) < 4.78 is 44.8. The van der Waals surface area contributed by atoms with Crippen LogP contribution in [0.15, 0.2) is 36.4 Å². The van der Waals surface area contributed by atoms with Gasteiger partial charge in [0.05, 0.1) is 5.56 Å². The third-order valence-electron chi connectivity index (χ3n) is 6.35. The van der Waals surface area contributed by atoms with E-state index in [1.165, 1.54) is 17.7 Å². The van der Waals surface area contributed by atoms with Crippen molar-refractivity contribution in [2.24, 2.45) is 0 Å². The molecule has 1 amide bonds. The van der Waals surface area contributed by atoms with E-state index in [4.69, 9.17) is 4.74 Å². The number of piperazine rings is 1. The van der Waals surface area contributed by atoms with Gasteiger partial charge in [-0.2, -0.15) is 13.2 Å². The summed E-state index contributed by atoms with van der Waals surface area (Å²) in [6.45, 7) is 10.2. The molecule has 2 aromatic carbocycles. The molecule has 0 bridgehead atoms. The van der Waals surface area contributed by atoms with Gasteiger partial charge in [0.2, 0.25) is 0 Å². The molecule has 184 valence electrons. The van der Waals surface area contributed by atoms with Crippen molar-refractivity contribution in [3.8, 4) is 11.1 Å². The molecule has 2 heterocycles. The van der Waals surface area contributed by atoms with Crippen LogP contribution in [0.1, 0.15) is 37.5 Å². The van der Waals surface area contributed by atoms with E-state index in [-0.39, 0.29) is 6.09 Å². The molecule has 1 fully saturated rings. The van der Waals surface area contributed by atoms with Crippen molar-refractivity contribution in [2.75, 3.05) is 44.7 Å². The monoisotopic (exact) mass is 475 g/mol. The molecule has 0 spiro atoms. The first-order valence-electron chi connectivity index (χ1n) is 11.7. The maximum absolute atomic E-state index is 13.1. The van der Waals surface area contributed by atoms with Crippen molar-refractivity contribution in [1.82, 2.24) is 9.80 Å². The van der Waals surface area contributed by atoms with Crippen LogP contribution in [0.3, 0.4) is 0 Å². The lowest BCUT2D eigenvalue weighted by atomic mass is 9.91. The van der Waals surface area contributed by atoms with Crippen LogP contribution in [0.2, 0.25) is 0 Å². The van der Waals surface area contributed by atoms with Gasteiger partial charge in [-0.25, -0.2) is 4.79 Å². The van der Waals surface area contributed by atoms with Gasteiger partial charge < -0.3 is 19.4 Å². The summed E-state index contributed by atoms with van der Waals surface area (Å²) in [6, 6.07) is 9.39. The molecular formula is C26H32F3N3O2. The number of fused-ring (bicyclic) bond motifs is 1. The third kappa shape index (κ3) is 5.49. The van der Waals surface area contributed by atoms with E-state index >= 15 is 0 Å². The van der Waals surface area contributed by atoms with Crippen molar-refractivity contribution in [3.05, 3.63) is 53.1 Å². The van der Waals surface area contributed by atoms with Crippen LogP contribution in [0.25, 0.3) is 11.1 Å². The van der Waals surface area contributed by atoms with Crippen LogP contribution >= 0.6 is 0 Å². The highest BCUT2D eigenvalue weighted by Crippen LogP contribution is 2.37. The van der Waals surface area contributed by atoms with E-state index in [9.17, 15) is 18.0 Å². The molecule has 0 atom stereocenters. The highest BCUT2D eigenvalue weighted by atomic mass is 19.4. The Labute approximate surface area is 199 Å². The fraction of sp³-hybridized carbons (Fsp3) is 0.500. The minimum Gasteiger partial charge on any atom is -0.444 e. The summed E-state index contributed by atoms with van der Waals surface area (Å²) in [7, 11) is 2.10. The fourth-order valence-electron chi connectivity index (χ4n) is 4.51. The molecule has 2 aliphatic heterocycles. The van der Waals surface area contributed by atoms with Gasteiger partial charge in [-0.05, 0) is 80.8 Å². The second-order valence-electron chi connectivity index (χ2n) is 10.2. The van der Waals surface area contributed by atoms with Gasteiger partial charge in [0.15, 0.2) is 0 Å². The van der Waals surface area contributed by atoms with Crippen LogP contribution in [-0.4, -0.2) is 61.3 Å². The number of hydrogen-bond acceptors (Lipinski definition) is 4. The molecule has 0 unspecified atom stereocenters. The first-order chi connectivity index (χ1) is 15.9. The summed E-state index contributed by atoms with van der Waals surface area (Å²) in [5.74, 6) is 0. The summed E-state index contributed by atoms with van der Waals surface area (Å²) in [4.78, 5) is 19.1. The van der Waals surface area contributed by atoms with Crippen molar-refractivity contribution in [2.45, 2.75) is 45.5 Å². The molecule has 2 aromatic rings. The number of rotatable bonds is 2. The van der Waals surface area contributed by atoms with E-state index in [0.29, 0.717) is 19.5 Å². The normalized spacial score (nSPS) is 17.5. The minimum atomic E-state index is -4.37. The van der Waals surface area contributed by atoms with Gasteiger partial charge in [0.25, 0.3) is 0 Å². The number of carbonyl (C=O) groups is 1. The van der Waals surface area contributed by atoms with E-state index in [0.717, 1.165) is 60.7 Å². The maximum atomic E-state index is 13.1. The van der Waals surface area contributed by atoms with Crippen LogP contribution in [0.4, 0.5) is 23.7 Å². The number of benzene rings is 2. The van der Waals surface area contributed by atoms with Gasteiger partial charge in [-0.15, -0.1) is 0 Å². The van der Waals surface area contributed by atoms with Gasteiger partial charge in [0.1, 0.15) is 5.60 Å². The van der Waals surface area contributed by atoms with Gasteiger partial charge in [-0.3, -0.25) is 0 Å². The van der Waals surface area contributed by atoms with Crippen LogP contribution < -0.4 is 4.90 Å². The Hall–Kier alpha value is -2.74. The minimum absolute atomic E-state index is 0.348. The number of amides is 1. The van der Waals surface area contributed by atoms with Crippen molar-refractivity contribution >= 4 is 11.8 Å². The molecule has 4 rings (SSSR count). The summed E-state index contributed by atoms with van der Waals surface area (Å²) in [5.41, 5.74) is 3.68.